The van der Waals surface area contributed by atoms with Crippen molar-refractivity contribution in [3.63, 3.8) is 0 Å². The number of hydrogen-bond acceptors (Lipinski definition) is 4. The van der Waals surface area contributed by atoms with E-state index in [-0.39, 0.29) is 18.4 Å². The van der Waals surface area contributed by atoms with Crippen molar-refractivity contribution in [3.8, 4) is 11.5 Å². The molecule has 0 aromatic heterocycles. The number of carbonyl (C=O) groups is 1. The Bertz CT molecular complexity index is 1210. The number of esters is 1. The highest BCUT2D eigenvalue weighted by molar-refractivity contribution is 5.70. The summed E-state index contributed by atoms with van der Waals surface area (Å²) in [7, 11) is 1.43. The van der Waals surface area contributed by atoms with Crippen LogP contribution in [0.4, 0.5) is 0 Å². The molecule has 0 fully saturated rings. The first-order valence-electron chi connectivity index (χ1n) is 11.8. The average Bonchev–Trinajstić information content (AvgIpc) is 2.90. The van der Waals surface area contributed by atoms with Crippen LogP contribution in [0.1, 0.15) is 36.1 Å². The molecule has 0 bridgehead atoms. The third-order valence-electron chi connectivity index (χ3n) is 6.14. The molecule has 0 radical (unpaired) electrons. The first-order valence-corrected chi connectivity index (χ1v) is 11.8. The second-order valence-electron chi connectivity index (χ2n) is 8.83. The monoisotopic (exact) mass is 465 g/mol. The van der Waals surface area contributed by atoms with Gasteiger partial charge in [-0.1, -0.05) is 91.0 Å². The van der Waals surface area contributed by atoms with Crippen molar-refractivity contribution < 1.29 is 14.3 Å². The number of carbonyl (C=O) groups excluding carboxylic acids is 1. The molecule has 4 nitrogen and oxygen atoms in total. The molecule has 4 heteroatoms. The molecule has 4 aromatic carbocycles. The first-order chi connectivity index (χ1) is 17.1. The van der Waals surface area contributed by atoms with Crippen LogP contribution in [-0.2, 0) is 21.5 Å². The molecule has 0 aliphatic heterocycles. The Morgan fingerprint density at radius 1 is 0.800 bits per heavy atom. The quantitative estimate of drug-likeness (QED) is 0.261. The molecule has 0 heterocycles. The summed E-state index contributed by atoms with van der Waals surface area (Å²) in [6.07, 6.45) is 0.957. The second kappa shape index (κ2) is 11.5. The standard InChI is InChI=1S/C31H31NO3/c1-31(26-16-8-4-9-17-26,23-24-13-6-3-7-14-24)32-29(22-30(33)34-2)25-15-12-20-28(21-25)35-27-18-10-5-11-19-27/h3-21,29,32H,22-23H2,1-2H3/t29-,31+/m1/s1. The molecule has 1 N–H and O–H groups in total. The van der Waals surface area contributed by atoms with Gasteiger partial charge in [0.2, 0.25) is 0 Å². The predicted molar refractivity (Wildman–Crippen MR) is 139 cm³/mol. The van der Waals surface area contributed by atoms with E-state index in [1.807, 2.05) is 78.9 Å². The topological polar surface area (TPSA) is 47.6 Å². The van der Waals surface area contributed by atoms with E-state index in [1.165, 1.54) is 12.7 Å². The van der Waals surface area contributed by atoms with Gasteiger partial charge < -0.3 is 9.47 Å². The SMILES string of the molecule is COC(=O)C[C@@H](N[C@@](C)(Cc1ccccc1)c1ccccc1)c1cccc(Oc2ccccc2)c1. The molecule has 0 saturated carbocycles. The van der Waals surface area contributed by atoms with Crippen LogP contribution in [0.3, 0.4) is 0 Å². The van der Waals surface area contributed by atoms with E-state index in [2.05, 4.69) is 48.6 Å². The normalized spacial score (nSPS) is 13.4. The molecule has 4 aromatic rings. The maximum atomic E-state index is 12.5. The Morgan fingerprint density at radius 3 is 2.06 bits per heavy atom. The van der Waals surface area contributed by atoms with Gasteiger partial charge in [0.25, 0.3) is 0 Å². The lowest BCUT2D eigenvalue weighted by molar-refractivity contribution is -0.141. The van der Waals surface area contributed by atoms with E-state index in [1.54, 1.807) is 0 Å². The lowest BCUT2D eigenvalue weighted by atomic mass is 9.84. The summed E-state index contributed by atoms with van der Waals surface area (Å²) < 4.78 is 11.1. The summed E-state index contributed by atoms with van der Waals surface area (Å²) in [5.74, 6) is 1.21. The van der Waals surface area contributed by atoms with Crippen molar-refractivity contribution >= 4 is 5.97 Å². The molecule has 35 heavy (non-hydrogen) atoms. The minimum Gasteiger partial charge on any atom is -0.469 e. The van der Waals surface area contributed by atoms with Crippen molar-refractivity contribution in [2.75, 3.05) is 7.11 Å². The maximum absolute atomic E-state index is 12.5. The van der Waals surface area contributed by atoms with Crippen LogP contribution in [0.5, 0.6) is 11.5 Å². The first kappa shape index (κ1) is 24.2. The lowest BCUT2D eigenvalue weighted by Gasteiger charge is -2.36. The van der Waals surface area contributed by atoms with Gasteiger partial charge >= 0.3 is 5.97 Å². The fourth-order valence-corrected chi connectivity index (χ4v) is 4.35. The summed E-state index contributed by atoms with van der Waals surface area (Å²) in [4.78, 5) is 12.5. The predicted octanol–water partition coefficient (Wildman–Crippen LogP) is 6.83. The number of nitrogens with one attached hydrogen (secondary N) is 1. The zero-order valence-corrected chi connectivity index (χ0v) is 20.2. The molecular weight excluding hydrogens is 434 g/mol. The van der Waals surface area contributed by atoms with E-state index in [0.29, 0.717) is 0 Å². The zero-order valence-electron chi connectivity index (χ0n) is 20.2. The van der Waals surface area contributed by atoms with Crippen LogP contribution in [0.25, 0.3) is 0 Å². The lowest BCUT2D eigenvalue weighted by Crippen LogP contribution is -2.44. The van der Waals surface area contributed by atoms with Crippen molar-refractivity contribution in [1.82, 2.24) is 5.32 Å². The highest BCUT2D eigenvalue weighted by Crippen LogP contribution is 2.32. The van der Waals surface area contributed by atoms with Gasteiger partial charge in [-0.15, -0.1) is 0 Å². The highest BCUT2D eigenvalue weighted by atomic mass is 16.5. The smallest absolute Gasteiger partial charge is 0.307 e. The Labute approximate surface area is 207 Å². The average molecular weight is 466 g/mol. The summed E-state index contributed by atoms with van der Waals surface area (Å²) in [6, 6.07) is 38.0. The number of rotatable bonds is 10. The van der Waals surface area contributed by atoms with Crippen LogP contribution in [0.2, 0.25) is 0 Å². The van der Waals surface area contributed by atoms with Crippen LogP contribution in [0.15, 0.2) is 115 Å². The van der Waals surface area contributed by atoms with Crippen LogP contribution in [-0.4, -0.2) is 13.1 Å². The van der Waals surface area contributed by atoms with Crippen LogP contribution < -0.4 is 10.1 Å². The Morgan fingerprint density at radius 2 is 1.40 bits per heavy atom. The summed E-state index contributed by atoms with van der Waals surface area (Å²) in [6.45, 7) is 2.18. The maximum Gasteiger partial charge on any atom is 0.307 e. The van der Waals surface area contributed by atoms with Crippen LogP contribution in [0, 0.1) is 0 Å². The van der Waals surface area contributed by atoms with Gasteiger partial charge in [0.15, 0.2) is 0 Å². The fourth-order valence-electron chi connectivity index (χ4n) is 4.35. The summed E-state index contributed by atoms with van der Waals surface area (Å²) >= 11 is 0. The Balaban J connectivity index is 1.68. The zero-order chi connectivity index (χ0) is 24.5. The van der Waals surface area contributed by atoms with Crippen molar-refractivity contribution in [2.45, 2.75) is 31.3 Å². The van der Waals surface area contributed by atoms with Gasteiger partial charge in [0.1, 0.15) is 11.5 Å². The number of para-hydroxylation sites is 1. The second-order valence-corrected chi connectivity index (χ2v) is 8.83. The minimum absolute atomic E-state index is 0.197. The third kappa shape index (κ3) is 6.58. The molecule has 2 atom stereocenters. The van der Waals surface area contributed by atoms with Crippen LogP contribution >= 0.6 is 0 Å². The highest BCUT2D eigenvalue weighted by Gasteiger charge is 2.31. The van der Waals surface area contributed by atoms with Crippen molar-refractivity contribution in [3.05, 3.63) is 132 Å². The van der Waals surface area contributed by atoms with Crippen molar-refractivity contribution in [1.29, 1.82) is 0 Å². The number of hydrogen-bond donors (Lipinski definition) is 1. The summed E-state index contributed by atoms with van der Waals surface area (Å²) in [5, 5.41) is 3.81. The number of benzene rings is 4. The van der Waals surface area contributed by atoms with Gasteiger partial charge in [-0.25, -0.2) is 0 Å². The third-order valence-corrected chi connectivity index (χ3v) is 6.14. The molecule has 0 spiro atoms. The molecule has 0 aliphatic rings. The number of ether oxygens (including phenoxy) is 2. The van der Waals surface area contributed by atoms with Gasteiger partial charge in [-0.2, -0.15) is 0 Å². The van der Waals surface area contributed by atoms with E-state index in [9.17, 15) is 4.79 Å². The molecule has 4 rings (SSSR count). The van der Waals surface area contributed by atoms with Gasteiger partial charge in [-0.3, -0.25) is 10.1 Å². The Kier molecular flexibility index (Phi) is 7.96. The van der Waals surface area contributed by atoms with E-state index in [0.717, 1.165) is 29.0 Å². The molecule has 178 valence electrons. The van der Waals surface area contributed by atoms with E-state index < -0.39 is 5.54 Å². The van der Waals surface area contributed by atoms with E-state index in [4.69, 9.17) is 9.47 Å². The Hall–Kier alpha value is -3.89. The minimum atomic E-state index is -0.433. The molecule has 0 amide bonds. The van der Waals surface area contributed by atoms with Gasteiger partial charge in [0.05, 0.1) is 13.5 Å². The van der Waals surface area contributed by atoms with Crippen molar-refractivity contribution in [2.24, 2.45) is 0 Å². The molecule has 0 unspecified atom stereocenters. The number of methoxy groups -OCH3 is 1. The van der Waals surface area contributed by atoms with Gasteiger partial charge in [-0.05, 0) is 54.3 Å². The molecule has 0 saturated heterocycles. The molecule has 0 aliphatic carbocycles. The molecular formula is C31H31NO3. The largest absolute Gasteiger partial charge is 0.469 e. The van der Waals surface area contributed by atoms with E-state index >= 15 is 0 Å². The van der Waals surface area contributed by atoms with Gasteiger partial charge in [0, 0.05) is 11.6 Å². The summed E-state index contributed by atoms with van der Waals surface area (Å²) in [5.41, 5.74) is 2.89. The fraction of sp³-hybridized carbons (Fsp3) is 0.194.